The number of amides is 1. The Morgan fingerprint density at radius 3 is 2.67 bits per heavy atom. The van der Waals surface area contributed by atoms with Gasteiger partial charge < -0.3 is 5.32 Å². The first-order valence-electron chi connectivity index (χ1n) is 8.05. The number of thiazole rings is 1. The number of para-hydroxylation sites is 1. The number of carbonyl (C=O) groups is 1. The lowest BCUT2D eigenvalue weighted by Crippen LogP contribution is -2.52. The average Bonchev–Trinajstić information content (AvgIpc) is 2.90. The lowest BCUT2D eigenvalue weighted by Gasteiger charge is -2.23. The van der Waals surface area contributed by atoms with E-state index >= 15 is 0 Å². The largest absolute Gasteiger partial charge is 0.357 e. The first-order chi connectivity index (χ1) is 11.3. The molecule has 0 spiro atoms. The summed E-state index contributed by atoms with van der Waals surface area (Å²) in [5.41, 5.74) is 6.27. The maximum absolute atomic E-state index is 11.8. The number of unbranched alkanes of at least 4 members (excludes halogenated alkanes) is 1. The standard InChI is InChI=1S/C17H24N4OS2/c1-17(2,3)19-16(23)21-20-14(22)10-6-7-11-15-18-12-8-4-5-9-13(12)24-15/h4-5,8-9H,6-7,10-11H2,1-3H3,(H,20,22)(H2,19,21,23). The molecule has 7 heteroatoms. The number of hydrogen-bond acceptors (Lipinski definition) is 4. The number of rotatable bonds is 5. The topological polar surface area (TPSA) is 66.0 Å². The maximum atomic E-state index is 11.8. The van der Waals surface area contributed by atoms with Crippen LogP contribution in [0.4, 0.5) is 0 Å². The van der Waals surface area contributed by atoms with E-state index in [-0.39, 0.29) is 11.4 Å². The summed E-state index contributed by atoms with van der Waals surface area (Å²) in [7, 11) is 0. The Labute approximate surface area is 152 Å². The maximum Gasteiger partial charge on any atom is 0.238 e. The predicted octanol–water partition coefficient (Wildman–Crippen LogP) is 3.30. The van der Waals surface area contributed by atoms with Crippen molar-refractivity contribution in [2.75, 3.05) is 0 Å². The Kier molecular flexibility index (Phi) is 6.51. The second kappa shape index (κ2) is 8.39. The van der Waals surface area contributed by atoms with Crippen molar-refractivity contribution in [1.82, 2.24) is 21.2 Å². The third-order valence-electron chi connectivity index (χ3n) is 3.19. The summed E-state index contributed by atoms with van der Waals surface area (Å²) in [5.74, 6) is -0.0580. The van der Waals surface area contributed by atoms with Gasteiger partial charge >= 0.3 is 0 Å². The van der Waals surface area contributed by atoms with E-state index in [1.54, 1.807) is 11.3 Å². The quantitative estimate of drug-likeness (QED) is 0.432. The van der Waals surface area contributed by atoms with Gasteiger partial charge in [-0.1, -0.05) is 12.1 Å². The Morgan fingerprint density at radius 1 is 1.21 bits per heavy atom. The first-order valence-corrected chi connectivity index (χ1v) is 9.27. The number of aromatic nitrogens is 1. The molecular formula is C17H24N4OS2. The molecule has 0 saturated carbocycles. The fourth-order valence-electron chi connectivity index (χ4n) is 2.15. The molecule has 130 valence electrons. The zero-order valence-corrected chi connectivity index (χ0v) is 15.9. The van der Waals surface area contributed by atoms with Crippen LogP contribution in [0, 0.1) is 0 Å². The number of hydrogen-bond donors (Lipinski definition) is 3. The van der Waals surface area contributed by atoms with E-state index in [9.17, 15) is 4.79 Å². The molecule has 0 atom stereocenters. The second-order valence-electron chi connectivity index (χ2n) is 6.66. The lowest BCUT2D eigenvalue weighted by molar-refractivity contribution is -0.121. The van der Waals surface area contributed by atoms with Crippen LogP contribution in [0.5, 0.6) is 0 Å². The first kappa shape index (κ1) is 18.6. The van der Waals surface area contributed by atoms with Crippen molar-refractivity contribution in [3.05, 3.63) is 29.3 Å². The lowest BCUT2D eigenvalue weighted by atomic mass is 10.1. The Hall–Kier alpha value is -1.73. The van der Waals surface area contributed by atoms with Gasteiger partial charge in [0.25, 0.3) is 0 Å². The molecule has 0 bridgehead atoms. The van der Waals surface area contributed by atoms with Gasteiger partial charge in [-0.05, 0) is 64.4 Å². The van der Waals surface area contributed by atoms with Gasteiger partial charge in [-0.3, -0.25) is 15.6 Å². The number of hydrazine groups is 1. The molecule has 24 heavy (non-hydrogen) atoms. The van der Waals surface area contributed by atoms with Crippen LogP contribution in [0.15, 0.2) is 24.3 Å². The minimum Gasteiger partial charge on any atom is -0.357 e. The van der Waals surface area contributed by atoms with Gasteiger partial charge in [-0.2, -0.15) is 0 Å². The van der Waals surface area contributed by atoms with E-state index in [4.69, 9.17) is 12.2 Å². The molecule has 1 aromatic heterocycles. The Bertz CT molecular complexity index is 673. The van der Waals surface area contributed by atoms with E-state index in [0.717, 1.165) is 29.8 Å². The van der Waals surface area contributed by atoms with E-state index in [2.05, 4.69) is 27.2 Å². The van der Waals surface area contributed by atoms with E-state index in [1.807, 2.05) is 39.0 Å². The number of fused-ring (bicyclic) bond motifs is 1. The molecule has 2 aromatic rings. The van der Waals surface area contributed by atoms with Gasteiger partial charge in [0.2, 0.25) is 5.91 Å². The van der Waals surface area contributed by atoms with E-state index in [1.165, 1.54) is 4.70 Å². The average molecular weight is 365 g/mol. The van der Waals surface area contributed by atoms with Crippen LogP contribution in [-0.4, -0.2) is 21.5 Å². The highest BCUT2D eigenvalue weighted by atomic mass is 32.1. The third kappa shape index (κ3) is 6.41. The number of nitrogens with zero attached hydrogens (tertiary/aromatic N) is 1. The highest BCUT2D eigenvalue weighted by Crippen LogP contribution is 2.22. The molecular weight excluding hydrogens is 340 g/mol. The minimum atomic E-state index is -0.133. The van der Waals surface area contributed by atoms with Gasteiger partial charge in [0.05, 0.1) is 15.2 Å². The van der Waals surface area contributed by atoms with Crippen molar-refractivity contribution < 1.29 is 4.79 Å². The molecule has 0 aliphatic rings. The van der Waals surface area contributed by atoms with Crippen LogP contribution in [0.3, 0.4) is 0 Å². The number of thiocarbonyl (C=S) groups is 1. The smallest absolute Gasteiger partial charge is 0.238 e. The fourth-order valence-corrected chi connectivity index (χ4v) is 3.52. The zero-order chi connectivity index (χ0) is 17.6. The second-order valence-corrected chi connectivity index (χ2v) is 8.18. The molecule has 0 aliphatic carbocycles. The van der Waals surface area contributed by atoms with Crippen molar-refractivity contribution in [2.45, 2.75) is 52.0 Å². The fraction of sp³-hybridized carbons (Fsp3) is 0.471. The minimum absolute atomic E-state index is 0.0580. The van der Waals surface area contributed by atoms with Gasteiger partial charge in [0.1, 0.15) is 0 Å². The van der Waals surface area contributed by atoms with Crippen molar-refractivity contribution in [2.24, 2.45) is 0 Å². The third-order valence-corrected chi connectivity index (χ3v) is 4.49. The van der Waals surface area contributed by atoms with Crippen molar-refractivity contribution in [3.63, 3.8) is 0 Å². The molecule has 3 N–H and O–H groups in total. The Morgan fingerprint density at radius 2 is 1.96 bits per heavy atom. The van der Waals surface area contributed by atoms with Gasteiger partial charge in [-0.15, -0.1) is 11.3 Å². The summed E-state index contributed by atoms with van der Waals surface area (Å²) >= 11 is 6.83. The number of nitrogens with one attached hydrogen (secondary N) is 3. The molecule has 0 fully saturated rings. The molecule has 0 radical (unpaired) electrons. The van der Waals surface area contributed by atoms with Crippen LogP contribution in [0.2, 0.25) is 0 Å². The van der Waals surface area contributed by atoms with Crippen LogP contribution < -0.4 is 16.2 Å². The normalized spacial score (nSPS) is 11.3. The van der Waals surface area contributed by atoms with Crippen LogP contribution >= 0.6 is 23.6 Å². The molecule has 1 aromatic carbocycles. The molecule has 0 aliphatic heterocycles. The van der Waals surface area contributed by atoms with Crippen molar-refractivity contribution >= 4 is 44.8 Å². The molecule has 5 nitrogen and oxygen atoms in total. The number of carbonyl (C=O) groups excluding carboxylic acids is 1. The SMILES string of the molecule is CC(C)(C)NC(=S)NNC(=O)CCCCc1nc2ccccc2s1. The van der Waals surface area contributed by atoms with Gasteiger partial charge in [-0.25, -0.2) is 4.98 Å². The van der Waals surface area contributed by atoms with Crippen LogP contribution in [-0.2, 0) is 11.2 Å². The Balaban J connectivity index is 1.63. The summed E-state index contributed by atoms with van der Waals surface area (Å²) in [6, 6.07) is 8.15. The summed E-state index contributed by atoms with van der Waals surface area (Å²) < 4.78 is 1.22. The van der Waals surface area contributed by atoms with Crippen molar-refractivity contribution in [1.29, 1.82) is 0 Å². The summed E-state index contributed by atoms with van der Waals surface area (Å²) in [4.78, 5) is 16.4. The molecule has 0 saturated heterocycles. The van der Waals surface area contributed by atoms with E-state index < -0.39 is 0 Å². The monoisotopic (exact) mass is 364 g/mol. The molecule has 0 unspecified atom stereocenters. The molecule has 1 heterocycles. The summed E-state index contributed by atoms with van der Waals surface area (Å²) in [6.07, 6.45) is 3.14. The van der Waals surface area contributed by atoms with E-state index in [0.29, 0.717) is 11.5 Å². The van der Waals surface area contributed by atoms with Gasteiger partial charge in [0, 0.05) is 12.0 Å². The van der Waals surface area contributed by atoms with Crippen molar-refractivity contribution in [3.8, 4) is 0 Å². The highest BCUT2D eigenvalue weighted by molar-refractivity contribution is 7.80. The highest BCUT2D eigenvalue weighted by Gasteiger charge is 2.11. The number of aryl methyl sites for hydroxylation is 1. The molecule has 1 amide bonds. The van der Waals surface area contributed by atoms with Crippen LogP contribution in [0.1, 0.15) is 45.0 Å². The number of benzene rings is 1. The molecule has 2 rings (SSSR count). The summed E-state index contributed by atoms with van der Waals surface area (Å²) in [5, 5.41) is 4.63. The van der Waals surface area contributed by atoms with Crippen LogP contribution in [0.25, 0.3) is 10.2 Å². The zero-order valence-electron chi connectivity index (χ0n) is 14.3. The van der Waals surface area contributed by atoms with Gasteiger partial charge in [0.15, 0.2) is 5.11 Å². The predicted molar refractivity (Wildman–Crippen MR) is 104 cm³/mol. The summed E-state index contributed by atoms with van der Waals surface area (Å²) in [6.45, 7) is 6.01.